The van der Waals surface area contributed by atoms with Crippen LogP contribution in [0.2, 0.25) is 5.02 Å². The van der Waals surface area contributed by atoms with Crippen LogP contribution in [0.1, 0.15) is 17.5 Å². The van der Waals surface area contributed by atoms with Gasteiger partial charge in [0.15, 0.2) is 0 Å². The molecule has 0 aliphatic carbocycles. The Hall–Kier alpha value is -2.56. The molecule has 2 N–H and O–H groups in total. The monoisotopic (exact) mass is 365 g/mol. The van der Waals surface area contributed by atoms with E-state index in [9.17, 15) is 5.11 Å². The van der Waals surface area contributed by atoms with Crippen LogP contribution in [0.5, 0.6) is 5.75 Å². The van der Waals surface area contributed by atoms with Crippen molar-refractivity contribution < 1.29 is 5.11 Å². The summed E-state index contributed by atoms with van der Waals surface area (Å²) in [5, 5.41) is 17.5. The number of benzene rings is 2. The summed E-state index contributed by atoms with van der Waals surface area (Å²) in [6, 6.07) is 15.3. The Bertz CT molecular complexity index is 913. The Morgan fingerprint density at radius 1 is 1.04 bits per heavy atom. The normalized spacial score (nSPS) is 15.0. The summed E-state index contributed by atoms with van der Waals surface area (Å²) in [5.41, 5.74) is 5.86. The Morgan fingerprint density at radius 3 is 2.46 bits per heavy atom. The van der Waals surface area contributed by atoms with Gasteiger partial charge < -0.3 is 5.11 Å². The first-order valence-electron chi connectivity index (χ1n) is 8.68. The van der Waals surface area contributed by atoms with E-state index in [0.29, 0.717) is 5.75 Å². The van der Waals surface area contributed by atoms with Gasteiger partial charge in [0.25, 0.3) is 0 Å². The van der Waals surface area contributed by atoms with Gasteiger partial charge >= 0.3 is 0 Å². The maximum Gasteiger partial charge on any atom is 0.115 e. The number of phenolic OH excluding ortho intramolecular Hbond substituents is 1. The SMILES string of the molecule is Oc1ccc(C2=CCN(Cc3cn[nH]c3-c3ccc(Cl)cc3)CC2)cc1. The maximum absolute atomic E-state index is 9.43. The predicted octanol–water partition coefficient (Wildman–Crippen LogP) is 4.73. The molecule has 2 aromatic carbocycles. The van der Waals surface area contributed by atoms with Gasteiger partial charge in [-0.15, -0.1) is 0 Å². The van der Waals surface area contributed by atoms with Crippen LogP contribution in [0.25, 0.3) is 16.8 Å². The average Bonchev–Trinajstić information content (AvgIpc) is 3.12. The number of nitrogens with one attached hydrogen (secondary N) is 1. The first kappa shape index (κ1) is 16.9. The van der Waals surface area contributed by atoms with Gasteiger partial charge in [0, 0.05) is 30.2 Å². The van der Waals surface area contributed by atoms with E-state index in [1.54, 1.807) is 12.1 Å². The Morgan fingerprint density at radius 2 is 1.77 bits per heavy atom. The number of hydrogen-bond donors (Lipinski definition) is 2. The minimum Gasteiger partial charge on any atom is -0.508 e. The van der Waals surface area contributed by atoms with Crippen LogP contribution in [-0.2, 0) is 6.54 Å². The minimum absolute atomic E-state index is 0.307. The molecule has 0 unspecified atom stereocenters. The molecule has 1 aliphatic rings. The van der Waals surface area contributed by atoms with Crippen LogP contribution >= 0.6 is 11.6 Å². The maximum atomic E-state index is 9.43. The molecular weight excluding hydrogens is 346 g/mol. The highest BCUT2D eigenvalue weighted by atomic mass is 35.5. The standard InChI is InChI=1S/C21H20ClN3O/c22-19-5-1-17(2-6-19)21-18(13-23-24-21)14-25-11-9-16(10-12-25)15-3-7-20(26)8-4-15/h1-9,13,26H,10-12,14H2,(H,23,24). The molecule has 0 atom stereocenters. The summed E-state index contributed by atoms with van der Waals surface area (Å²) in [6.45, 7) is 2.76. The highest BCUT2D eigenvalue weighted by Crippen LogP contribution is 2.27. The molecule has 0 amide bonds. The summed E-state index contributed by atoms with van der Waals surface area (Å²) in [6.07, 6.45) is 5.18. The lowest BCUT2D eigenvalue weighted by Crippen LogP contribution is -2.28. The van der Waals surface area contributed by atoms with E-state index in [1.807, 2.05) is 42.6 Å². The second-order valence-electron chi connectivity index (χ2n) is 6.54. The van der Waals surface area contributed by atoms with Gasteiger partial charge in [-0.3, -0.25) is 10.00 Å². The summed E-state index contributed by atoms with van der Waals surface area (Å²) in [7, 11) is 0. The molecule has 132 valence electrons. The van der Waals surface area contributed by atoms with Gasteiger partial charge in [-0.2, -0.15) is 5.10 Å². The third kappa shape index (κ3) is 3.66. The number of aromatic hydroxyl groups is 1. The zero-order valence-electron chi connectivity index (χ0n) is 14.3. The number of aromatic amines is 1. The number of aromatic nitrogens is 2. The molecule has 2 heterocycles. The van der Waals surface area contributed by atoms with E-state index in [-0.39, 0.29) is 0 Å². The number of phenols is 1. The fraction of sp³-hybridized carbons (Fsp3) is 0.190. The van der Waals surface area contributed by atoms with E-state index in [2.05, 4.69) is 21.2 Å². The van der Waals surface area contributed by atoms with Gasteiger partial charge in [-0.05, 0) is 47.4 Å². The molecule has 0 saturated carbocycles. The molecule has 4 rings (SSSR count). The Balaban J connectivity index is 1.46. The molecule has 1 aliphatic heterocycles. The van der Waals surface area contributed by atoms with Gasteiger partial charge in [0.05, 0.1) is 11.9 Å². The van der Waals surface area contributed by atoms with Crippen molar-refractivity contribution in [2.45, 2.75) is 13.0 Å². The van der Waals surface area contributed by atoms with Gasteiger partial charge in [-0.1, -0.05) is 41.9 Å². The fourth-order valence-corrected chi connectivity index (χ4v) is 3.46. The second-order valence-corrected chi connectivity index (χ2v) is 6.97. The molecule has 1 aromatic heterocycles. The summed E-state index contributed by atoms with van der Waals surface area (Å²) < 4.78 is 0. The van der Waals surface area contributed by atoms with E-state index in [1.165, 1.54) is 16.7 Å². The van der Waals surface area contributed by atoms with Crippen LogP contribution in [0.3, 0.4) is 0 Å². The van der Waals surface area contributed by atoms with Crippen molar-refractivity contribution in [3.63, 3.8) is 0 Å². The number of rotatable bonds is 4. The molecule has 3 aromatic rings. The molecule has 0 spiro atoms. The zero-order chi connectivity index (χ0) is 17.9. The third-order valence-corrected chi connectivity index (χ3v) is 5.03. The second kappa shape index (κ2) is 7.36. The van der Waals surface area contributed by atoms with Crippen LogP contribution in [0, 0.1) is 0 Å². The van der Waals surface area contributed by atoms with Crippen molar-refractivity contribution in [2.75, 3.05) is 13.1 Å². The fourth-order valence-electron chi connectivity index (χ4n) is 3.33. The van der Waals surface area contributed by atoms with Crippen LogP contribution in [-0.4, -0.2) is 33.3 Å². The third-order valence-electron chi connectivity index (χ3n) is 4.78. The smallest absolute Gasteiger partial charge is 0.115 e. The topological polar surface area (TPSA) is 52.1 Å². The van der Waals surface area contributed by atoms with Crippen molar-refractivity contribution in [2.24, 2.45) is 0 Å². The van der Waals surface area contributed by atoms with Gasteiger partial charge in [0.1, 0.15) is 5.75 Å². The lowest BCUT2D eigenvalue weighted by molar-refractivity contribution is 0.294. The molecular formula is C21H20ClN3O. The van der Waals surface area contributed by atoms with E-state index in [4.69, 9.17) is 11.6 Å². The highest BCUT2D eigenvalue weighted by molar-refractivity contribution is 6.30. The minimum atomic E-state index is 0.307. The van der Waals surface area contributed by atoms with Crippen molar-refractivity contribution in [3.8, 4) is 17.0 Å². The van der Waals surface area contributed by atoms with Gasteiger partial charge in [-0.25, -0.2) is 0 Å². The molecule has 26 heavy (non-hydrogen) atoms. The Labute approximate surface area is 157 Å². The Kier molecular flexibility index (Phi) is 4.78. The first-order chi connectivity index (χ1) is 12.7. The van der Waals surface area contributed by atoms with Crippen molar-refractivity contribution >= 4 is 17.2 Å². The zero-order valence-corrected chi connectivity index (χ0v) is 15.1. The van der Waals surface area contributed by atoms with Gasteiger partial charge in [0.2, 0.25) is 0 Å². The van der Waals surface area contributed by atoms with Crippen molar-refractivity contribution in [3.05, 3.63) is 77.0 Å². The van der Waals surface area contributed by atoms with Crippen molar-refractivity contribution in [1.82, 2.24) is 15.1 Å². The van der Waals surface area contributed by atoms with Crippen LogP contribution in [0.15, 0.2) is 60.8 Å². The summed E-state index contributed by atoms with van der Waals surface area (Å²) in [5.74, 6) is 0.307. The predicted molar refractivity (Wildman–Crippen MR) is 105 cm³/mol. The van der Waals surface area contributed by atoms with E-state index in [0.717, 1.165) is 42.3 Å². The first-order valence-corrected chi connectivity index (χ1v) is 9.06. The molecule has 4 nitrogen and oxygen atoms in total. The lowest BCUT2D eigenvalue weighted by atomic mass is 9.99. The van der Waals surface area contributed by atoms with E-state index < -0.39 is 0 Å². The largest absolute Gasteiger partial charge is 0.508 e. The highest BCUT2D eigenvalue weighted by Gasteiger charge is 2.16. The molecule has 5 heteroatoms. The molecule has 0 fully saturated rings. The van der Waals surface area contributed by atoms with Crippen LogP contribution < -0.4 is 0 Å². The summed E-state index contributed by atoms with van der Waals surface area (Å²) >= 11 is 5.99. The van der Waals surface area contributed by atoms with Crippen LogP contribution in [0.4, 0.5) is 0 Å². The number of halogens is 1. The number of nitrogens with zero attached hydrogens (tertiary/aromatic N) is 2. The van der Waals surface area contributed by atoms with Crippen molar-refractivity contribution in [1.29, 1.82) is 0 Å². The lowest BCUT2D eigenvalue weighted by Gasteiger charge is -2.26. The molecule has 0 bridgehead atoms. The number of hydrogen-bond acceptors (Lipinski definition) is 3. The van der Waals surface area contributed by atoms with E-state index >= 15 is 0 Å². The number of H-pyrrole nitrogens is 1. The molecule has 0 radical (unpaired) electrons. The molecule has 0 saturated heterocycles. The average molecular weight is 366 g/mol. The quantitative estimate of drug-likeness (QED) is 0.703. The summed E-state index contributed by atoms with van der Waals surface area (Å²) in [4.78, 5) is 2.41.